The highest BCUT2D eigenvalue weighted by Gasteiger charge is 2.59. The van der Waals surface area contributed by atoms with Gasteiger partial charge in [-0.2, -0.15) is 8.78 Å². The molecule has 3 unspecified atom stereocenters. The van der Waals surface area contributed by atoms with Gasteiger partial charge in [-0.25, -0.2) is 8.42 Å². The molecule has 3 atom stereocenters. The van der Waals surface area contributed by atoms with Crippen molar-refractivity contribution < 1.29 is 31.3 Å². The second-order valence-electron chi connectivity index (χ2n) is 14.1. The number of benzene rings is 1. The first-order chi connectivity index (χ1) is 19.4. The summed E-state index contributed by atoms with van der Waals surface area (Å²) in [6, 6.07) is 4.30. The molecule has 0 spiro atoms. The lowest BCUT2D eigenvalue weighted by Crippen LogP contribution is -2.59. The van der Waals surface area contributed by atoms with Gasteiger partial charge in [-0.05, 0) is 106 Å². The predicted molar refractivity (Wildman–Crippen MR) is 160 cm³/mol. The van der Waals surface area contributed by atoms with Crippen LogP contribution in [0.2, 0.25) is 0 Å². The number of ketones is 1. The van der Waals surface area contributed by atoms with Crippen LogP contribution < -0.4 is 5.32 Å². The van der Waals surface area contributed by atoms with Crippen LogP contribution in [0.1, 0.15) is 87.7 Å². The summed E-state index contributed by atoms with van der Waals surface area (Å²) in [6.07, 6.45) is 5.68. The van der Waals surface area contributed by atoms with E-state index in [1.807, 2.05) is 30.9 Å². The monoisotopic (exact) mass is 626 g/mol. The van der Waals surface area contributed by atoms with Gasteiger partial charge in [0.15, 0.2) is 14.9 Å². The number of carbonyl (C=O) groups is 2. The fourth-order valence-electron chi connectivity index (χ4n) is 8.97. The first-order valence-electron chi connectivity index (χ1n) is 15.0. The molecule has 4 bridgehead atoms. The van der Waals surface area contributed by atoms with Crippen molar-refractivity contribution >= 4 is 32.7 Å². The van der Waals surface area contributed by atoms with Crippen molar-refractivity contribution in [2.24, 2.45) is 17.3 Å². The number of rotatable bonds is 9. The van der Waals surface area contributed by atoms with Crippen LogP contribution >= 0.6 is 0 Å². The minimum Gasteiger partial charge on any atom is -0.743 e. The number of amides is 1. The fourth-order valence-corrected chi connectivity index (χ4v) is 12.0. The van der Waals surface area contributed by atoms with Crippen LogP contribution in [0.5, 0.6) is 0 Å². The lowest BCUT2D eigenvalue weighted by atomic mass is 9.42. The van der Waals surface area contributed by atoms with Gasteiger partial charge in [-0.15, -0.1) is 0 Å². The molecular weight excluding hydrogens is 582 g/mol. The smallest absolute Gasteiger partial charge is 0.349 e. The van der Waals surface area contributed by atoms with E-state index >= 15 is 0 Å². The Hall–Kier alpha value is -1.56. The molecule has 11 heteroatoms. The van der Waals surface area contributed by atoms with E-state index < -0.39 is 26.2 Å². The van der Waals surface area contributed by atoms with Gasteiger partial charge in [0.2, 0.25) is 11.7 Å². The Morgan fingerprint density at radius 2 is 1.74 bits per heavy atom. The van der Waals surface area contributed by atoms with Crippen molar-refractivity contribution in [2.75, 3.05) is 31.1 Å². The second kappa shape index (κ2) is 10.8. The Morgan fingerprint density at radius 3 is 2.29 bits per heavy atom. The molecule has 6 rings (SSSR count). The van der Waals surface area contributed by atoms with E-state index in [0.29, 0.717) is 30.5 Å². The van der Waals surface area contributed by atoms with Crippen LogP contribution in [0, 0.1) is 24.2 Å². The summed E-state index contributed by atoms with van der Waals surface area (Å²) in [4.78, 5) is 27.7. The maximum absolute atomic E-state index is 14.3. The number of nitrogens with one attached hydrogen (secondary N) is 1. The Kier molecular flexibility index (Phi) is 8.19. The summed E-state index contributed by atoms with van der Waals surface area (Å²) in [6.45, 7) is 10.4. The maximum atomic E-state index is 14.3. The van der Waals surface area contributed by atoms with E-state index in [0.717, 1.165) is 62.5 Å². The largest absolute Gasteiger partial charge is 0.743 e. The number of nitrogens with zero attached hydrogens (tertiary/aromatic N) is 1. The van der Waals surface area contributed by atoms with Crippen molar-refractivity contribution in [3.63, 3.8) is 0 Å². The minimum absolute atomic E-state index is 0.0766. The van der Waals surface area contributed by atoms with Gasteiger partial charge in [0.05, 0.1) is 19.1 Å². The predicted octanol–water partition coefficient (Wildman–Crippen LogP) is 4.39. The lowest BCUT2D eigenvalue weighted by Gasteiger charge is -2.63. The first kappa shape index (κ1) is 31.9. The average Bonchev–Trinajstić information content (AvgIpc) is 2.90. The topological polar surface area (TPSA) is 107 Å². The normalized spacial score (nSPS) is 30.9. The summed E-state index contributed by atoms with van der Waals surface area (Å²) in [7, 11) is -5.93. The highest BCUT2D eigenvalue weighted by Crippen LogP contribution is 2.66. The minimum atomic E-state index is -5.78. The molecule has 7 nitrogen and oxygen atoms in total. The van der Waals surface area contributed by atoms with Crippen molar-refractivity contribution in [3.05, 3.63) is 34.9 Å². The van der Waals surface area contributed by atoms with Crippen LogP contribution in [0.15, 0.2) is 18.2 Å². The van der Waals surface area contributed by atoms with E-state index in [4.69, 9.17) is 0 Å². The zero-order chi connectivity index (χ0) is 30.9. The Bertz CT molecular complexity index is 1340. The SMILES string of the molecule is CC(=O)N1CC[S+](C(C)(C)C(=O)c2ccc(C)c(C34CC5CC(CC(CNC(C)C(F)(F)S(=O)(=O)[O-])(C5)C3)C4)c2)CC1. The van der Waals surface area contributed by atoms with E-state index in [2.05, 4.69) is 18.3 Å². The van der Waals surface area contributed by atoms with Gasteiger partial charge in [0.1, 0.15) is 11.5 Å². The number of aryl methyl sites for hydroxylation is 1. The first-order valence-corrected chi connectivity index (χ1v) is 18.0. The Balaban J connectivity index is 1.39. The number of Topliss-reactive ketones (excluding diaryl/α,β-unsaturated/α-hetero) is 1. The highest BCUT2D eigenvalue weighted by atomic mass is 32.2. The number of hydrogen-bond donors (Lipinski definition) is 1. The van der Waals surface area contributed by atoms with Gasteiger partial charge < -0.3 is 14.8 Å². The summed E-state index contributed by atoms with van der Waals surface area (Å²) >= 11 is 0. The molecule has 234 valence electrons. The third-order valence-electron chi connectivity index (χ3n) is 10.8. The standard InChI is InChI=1S/C31H44F2N2O5S2/c1-20-6-7-25(27(37)28(4,5)41-10-8-35(9-11-41)22(3)36)13-26(20)30-16-23-12-24(17-30)15-29(14-23,18-30)19-34-21(2)31(32,33)42(38,39)40/h6-7,13,21,23-24,34H,8-12,14-19H2,1-5H3. The van der Waals surface area contributed by atoms with Gasteiger partial charge in [0.25, 0.3) is 0 Å². The zero-order valence-corrected chi connectivity index (χ0v) is 26.9. The molecule has 1 aromatic carbocycles. The van der Waals surface area contributed by atoms with Crippen molar-refractivity contribution in [2.45, 2.75) is 94.6 Å². The van der Waals surface area contributed by atoms with E-state index in [9.17, 15) is 31.3 Å². The summed E-state index contributed by atoms with van der Waals surface area (Å²) in [5.74, 6) is 2.73. The highest BCUT2D eigenvalue weighted by molar-refractivity contribution is 7.99. The molecule has 1 aromatic rings. The molecule has 1 aliphatic heterocycles. The molecule has 0 radical (unpaired) electrons. The van der Waals surface area contributed by atoms with Gasteiger partial charge in [-0.1, -0.05) is 12.1 Å². The molecule has 1 amide bonds. The number of carbonyl (C=O) groups excluding carboxylic acids is 2. The molecule has 1 heterocycles. The summed E-state index contributed by atoms with van der Waals surface area (Å²) in [5.41, 5.74) is 2.58. The van der Waals surface area contributed by atoms with Gasteiger partial charge >= 0.3 is 5.25 Å². The molecule has 5 aliphatic rings. The molecule has 4 saturated carbocycles. The molecule has 1 saturated heterocycles. The third-order valence-corrected chi connectivity index (χ3v) is 14.8. The Labute approximate surface area is 251 Å². The van der Waals surface area contributed by atoms with E-state index in [1.54, 1.807) is 6.92 Å². The summed E-state index contributed by atoms with van der Waals surface area (Å²) < 4.78 is 61.6. The number of hydrogen-bond acceptors (Lipinski definition) is 6. The van der Waals surface area contributed by atoms with Crippen molar-refractivity contribution in [1.29, 1.82) is 0 Å². The van der Waals surface area contributed by atoms with Crippen LogP contribution in [0.3, 0.4) is 0 Å². The zero-order valence-electron chi connectivity index (χ0n) is 25.3. The molecule has 42 heavy (non-hydrogen) atoms. The third kappa shape index (κ3) is 5.56. The second-order valence-corrected chi connectivity index (χ2v) is 18.4. The van der Waals surface area contributed by atoms with Crippen molar-refractivity contribution in [1.82, 2.24) is 10.2 Å². The average molecular weight is 627 g/mol. The van der Waals surface area contributed by atoms with Crippen LogP contribution in [0.25, 0.3) is 0 Å². The molecule has 0 aromatic heterocycles. The molecule has 1 N–H and O–H groups in total. The quantitative estimate of drug-likeness (QED) is 0.248. The van der Waals surface area contributed by atoms with Crippen LogP contribution in [-0.4, -0.2) is 76.7 Å². The number of halogens is 2. The van der Waals surface area contributed by atoms with Crippen LogP contribution in [-0.2, 0) is 31.2 Å². The Morgan fingerprint density at radius 1 is 1.14 bits per heavy atom. The molecule has 5 fully saturated rings. The van der Waals surface area contributed by atoms with Gasteiger partial charge in [0, 0.05) is 29.9 Å². The lowest BCUT2D eigenvalue weighted by molar-refractivity contribution is -0.128. The summed E-state index contributed by atoms with van der Waals surface area (Å²) in [5, 5.41) is -1.62. The van der Waals surface area contributed by atoms with E-state index in [-0.39, 0.29) is 40.0 Å². The van der Waals surface area contributed by atoms with Crippen LogP contribution in [0.4, 0.5) is 8.78 Å². The fraction of sp³-hybridized carbons (Fsp3) is 0.742. The maximum Gasteiger partial charge on any atom is 0.349 e. The van der Waals surface area contributed by atoms with Crippen molar-refractivity contribution in [3.8, 4) is 0 Å². The van der Waals surface area contributed by atoms with E-state index in [1.165, 1.54) is 5.56 Å². The molecule has 4 aliphatic carbocycles. The molecular formula is C31H44F2N2O5S2. The number of alkyl halides is 2. The van der Waals surface area contributed by atoms with Gasteiger partial charge in [-0.3, -0.25) is 9.59 Å².